The fraction of sp³-hybridized carbons (Fsp3) is 0.526. The zero-order valence-corrected chi connectivity index (χ0v) is 16.1. The minimum absolute atomic E-state index is 0.0354. The highest BCUT2D eigenvalue weighted by Crippen LogP contribution is 2.16. The van der Waals surface area contributed by atoms with Gasteiger partial charge in [-0.15, -0.1) is 0 Å². The van der Waals surface area contributed by atoms with Crippen LogP contribution in [0.15, 0.2) is 30.3 Å². The van der Waals surface area contributed by atoms with Crippen LogP contribution in [0.5, 0.6) is 0 Å². The highest BCUT2D eigenvalue weighted by molar-refractivity contribution is 5.91. The molecule has 1 aromatic carbocycles. The topological polar surface area (TPSA) is 105 Å². The van der Waals surface area contributed by atoms with Crippen molar-refractivity contribution in [1.82, 2.24) is 15.1 Å². The van der Waals surface area contributed by atoms with Crippen molar-refractivity contribution >= 4 is 18.0 Å². The summed E-state index contributed by atoms with van der Waals surface area (Å²) in [5, 5.41) is 2.74. The van der Waals surface area contributed by atoms with Crippen LogP contribution in [0, 0.1) is 0 Å². The van der Waals surface area contributed by atoms with E-state index in [1.165, 1.54) is 0 Å². The number of hydrogen-bond acceptors (Lipinski definition) is 5. The second-order valence-electron chi connectivity index (χ2n) is 7.53. The number of ether oxygens (including phenoxy) is 1. The summed E-state index contributed by atoms with van der Waals surface area (Å²) in [6, 6.07) is 8.68. The molecule has 1 aromatic rings. The molecule has 1 aliphatic rings. The molecular weight excluding hydrogens is 348 g/mol. The van der Waals surface area contributed by atoms with Gasteiger partial charge in [-0.1, -0.05) is 30.3 Å². The molecule has 148 valence electrons. The molecule has 8 nitrogen and oxygen atoms in total. The summed E-state index contributed by atoms with van der Waals surface area (Å²) in [7, 11) is 0. The number of nitrogens with zero attached hydrogens (tertiary/aromatic N) is 2. The van der Waals surface area contributed by atoms with Gasteiger partial charge in [-0.3, -0.25) is 4.79 Å². The van der Waals surface area contributed by atoms with Gasteiger partial charge in [0.1, 0.15) is 5.60 Å². The number of nitrogens with one attached hydrogen (secondary N) is 1. The number of rotatable bonds is 5. The predicted octanol–water partition coefficient (Wildman–Crippen LogP) is 1.69. The van der Waals surface area contributed by atoms with Gasteiger partial charge in [0, 0.05) is 32.6 Å². The van der Waals surface area contributed by atoms with Gasteiger partial charge in [0.25, 0.3) is 0 Å². The van der Waals surface area contributed by atoms with E-state index >= 15 is 0 Å². The van der Waals surface area contributed by atoms with Crippen molar-refractivity contribution in [2.24, 2.45) is 5.73 Å². The molecule has 2 rings (SSSR count). The SMILES string of the molecule is CC(C)(C)OC(=O)N(CCN)C(=O)NC1CC(=O)N(Cc2ccccc2)C1. The lowest BCUT2D eigenvalue weighted by Gasteiger charge is -2.27. The zero-order chi connectivity index (χ0) is 20.0. The van der Waals surface area contributed by atoms with E-state index in [4.69, 9.17) is 10.5 Å². The number of nitrogens with two attached hydrogens (primary N) is 1. The molecule has 1 saturated heterocycles. The van der Waals surface area contributed by atoms with E-state index < -0.39 is 17.7 Å². The van der Waals surface area contributed by atoms with E-state index in [0.717, 1.165) is 10.5 Å². The summed E-state index contributed by atoms with van der Waals surface area (Å²) in [6.45, 7) is 6.21. The first-order chi connectivity index (χ1) is 12.7. The standard InChI is InChI=1S/C19H28N4O4/c1-19(2,3)27-18(26)23(10-9-20)17(25)21-15-11-16(24)22(13-15)12-14-7-5-4-6-8-14/h4-8,15H,9-13,20H2,1-3H3,(H,21,25). The molecule has 4 amide bonds. The van der Waals surface area contributed by atoms with E-state index in [9.17, 15) is 14.4 Å². The molecule has 0 bridgehead atoms. The van der Waals surface area contributed by atoms with Gasteiger partial charge in [0.05, 0.1) is 6.04 Å². The predicted molar refractivity (Wildman–Crippen MR) is 101 cm³/mol. The minimum Gasteiger partial charge on any atom is -0.443 e. The Hall–Kier alpha value is -2.61. The van der Waals surface area contributed by atoms with E-state index in [2.05, 4.69) is 5.32 Å². The first-order valence-electron chi connectivity index (χ1n) is 9.02. The monoisotopic (exact) mass is 376 g/mol. The molecule has 8 heteroatoms. The van der Waals surface area contributed by atoms with Crippen molar-refractivity contribution < 1.29 is 19.1 Å². The summed E-state index contributed by atoms with van der Waals surface area (Å²) >= 11 is 0. The molecule has 1 heterocycles. The van der Waals surface area contributed by atoms with Crippen LogP contribution in [0.3, 0.4) is 0 Å². The Morgan fingerprint density at radius 3 is 2.56 bits per heavy atom. The van der Waals surface area contributed by atoms with Crippen LogP contribution in [0.1, 0.15) is 32.8 Å². The number of amides is 4. The van der Waals surface area contributed by atoms with Crippen LogP contribution in [-0.2, 0) is 16.1 Å². The van der Waals surface area contributed by atoms with Crippen LogP contribution in [0.25, 0.3) is 0 Å². The second-order valence-corrected chi connectivity index (χ2v) is 7.53. The highest BCUT2D eigenvalue weighted by Gasteiger charge is 2.33. The van der Waals surface area contributed by atoms with E-state index in [-0.39, 0.29) is 31.5 Å². The molecule has 27 heavy (non-hydrogen) atoms. The minimum atomic E-state index is -0.754. The van der Waals surface area contributed by atoms with Gasteiger partial charge in [-0.2, -0.15) is 0 Å². The van der Waals surface area contributed by atoms with E-state index in [1.54, 1.807) is 25.7 Å². The number of carbonyl (C=O) groups is 3. The maximum Gasteiger partial charge on any atom is 0.418 e. The lowest BCUT2D eigenvalue weighted by molar-refractivity contribution is -0.128. The maximum atomic E-state index is 12.5. The molecule has 1 atom stereocenters. The largest absolute Gasteiger partial charge is 0.443 e. The molecule has 1 fully saturated rings. The van der Waals surface area contributed by atoms with Crippen LogP contribution in [0.4, 0.5) is 9.59 Å². The number of urea groups is 1. The smallest absolute Gasteiger partial charge is 0.418 e. The lowest BCUT2D eigenvalue weighted by Crippen LogP contribution is -2.51. The molecule has 0 aromatic heterocycles. The lowest BCUT2D eigenvalue weighted by atomic mass is 10.2. The first-order valence-corrected chi connectivity index (χ1v) is 9.02. The molecule has 0 spiro atoms. The fourth-order valence-corrected chi connectivity index (χ4v) is 2.80. The van der Waals surface area contributed by atoms with Crippen LogP contribution in [-0.4, -0.2) is 59.1 Å². The third-order valence-corrected chi connectivity index (χ3v) is 3.97. The molecular formula is C19H28N4O4. The van der Waals surface area contributed by atoms with Crippen molar-refractivity contribution in [2.45, 2.75) is 45.4 Å². The average Bonchev–Trinajstić information content (AvgIpc) is 2.91. The second kappa shape index (κ2) is 8.85. The van der Waals surface area contributed by atoms with Crippen LogP contribution >= 0.6 is 0 Å². The van der Waals surface area contributed by atoms with Crippen LogP contribution < -0.4 is 11.1 Å². The summed E-state index contributed by atoms with van der Waals surface area (Å²) in [6.07, 6.45) is -0.556. The molecule has 3 N–H and O–H groups in total. The highest BCUT2D eigenvalue weighted by atomic mass is 16.6. The summed E-state index contributed by atoms with van der Waals surface area (Å²) < 4.78 is 5.25. The molecule has 0 aliphatic carbocycles. The Morgan fingerprint density at radius 1 is 1.30 bits per heavy atom. The summed E-state index contributed by atoms with van der Waals surface area (Å²) in [4.78, 5) is 39.6. The first kappa shape index (κ1) is 20.7. The molecule has 0 radical (unpaired) electrons. The number of benzene rings is 1. The Labute approximate surface area is 159 Å². The normalized spacial score (nSPS) is 17.0. The summed E-state index contributed by atoms with van der Waals surface area (Å²) in [5.74, 6) is -0.0354. The van der Waals surface area contributed by atoms with Gasteiger partial charge in [0.15, 0.2) is 0 Å². The van der Waals surface area contributed by atoms with E-state index in [1.807, 2.05) is 30.3 Å². The number of imide groups is 1. The Bertz CT molecular complexity index is 672. The van der Waals surface area contributed by atoms with Crippen molar-refractivity contribution in [1.29, 1.82) is 0 Å². The van der Waals surface area contributed by atoms with Gasteiger partial charge in [-0.25, -0.2) is 14.5 Å². The maximum absolute atomic E-state index is 12.5. The van der Waals surface area contributed by atoms with Crippen molar-refractivity contribution in [3.05, 3.63) is 35.9 Å². The third kappa shape index (κ3) is 6.25. The fourth-order valence-electron chi connectivity index (χ4n) is 2.80. The van der Waals surface area contributed by atoms with Gasteiger partial charge in [0.2, 0.25) is 5.91 Å². The Balaban J connectivity index is 1.95. The Morgan fingerprint density at radius 2 is 1.96 bits per heavy atom. The van der Waals surface area contributed by atoms with Crippen molar-refractivity contribution in [3.63, 3.8) is 0 Å². The number of carbonyl (C=O) groups excluding carboxylic acids is 3. The number of hydrogen-bond donors (Lipinski definition) is 2. The average molecular weight is 376 g/mol. The van der Waals surface area contributed by atoms with Gasteiger partial charge < -0.3 is 20.7 Å². The third-order valence-electron chi connectivity index (χ3n) is 3.97. The van der Waals surface area contributed by atoms with Gasteiger partial charge >= 0.3 is 12.1 Å². The van der Waals surface area contributed by atoms with E-state index in [0.29, 0.717) is 13.1 Å². The van der Waals surface area contributed by atoms with Crippen LogP contribution in [0.2, 0.25) is 0 Å². The quantitative estimate of drug-likeness (QED) is 0.814. The van der Waals surface area contributed by atoms with Crippen molar-refractivity contribution in [2.75, 3.05) is 19.6 Å². The van der Waals surface area contributed by atoms with Crippen molar-refractivity contribution in [3.8, 4) is 0 Å². The number of likely N-dealkylation sites (tertiary alicyclic amines) is 1. The summed E-state index contributed by atoms with van der Waals surface area (Å²) in [5.41, 5.74) is 5.82. The Kier molecular flexibility index (Phi) is 6.79. The zero-order valence-electron chi connectivity index (χ0n) is 16.1. The molecule has 1 aliphatic heterocycles. The molecule has 1 unspecified atom stereocenters. The molecule has 0 saturated carbocycles. The van der Waals surface area contributed by atoms with Gasteiger partial charge in [-0.05, 0) is 26.3 Å².